The Morgan fingerprint density at radius 3 is 2.21 bits per heavy atom. The molecular weight excluding hydrogens is 422 g/mol. The van der Waals surface area contributed by atoms with E-state index >= 15 is 0 Å². The summed E-state index contributed by atoms with van der Waals surface area (Å²) in [6.45, 7) is 4.79. The molecule has 2 aromatic rings. The lowest BCUT2D eigenvalue weighted by Gasteiger charge is -2.15. The van der Waals surface area contributed by atoms with Crippen molar-refractivity contribution in [1.29, 1.82) is 0 Å². The molecule has 2 rings (SSSR count). The molecule has 0 spiro atoms. The lowest BCUT2D eigenvalue weighted by Crippen LogP contribution is -2.24. The summed E-state index contributed by atoms with van der Waals surface area (Å²) in [5, 5.41) is 3.00. The van der Waals surface area contributed by atoms with Crippen molar-refractivity contribution in [1.82, 2.24) is 4.98 Å². The van der Waals surface area contributed by atoms with Crippen molar-refractivity contribution in [3.05, 3.63) is 42.7 Å². The molecule has 0 saturated carbocycles. The van der Waals surface area contributed by atoms with E-state index in [9.17, 15) is 4.79 Å². The fourth-order valence-corrected chi connectivity index (χ4v) is 4.12. The van der Waals surface area contributed by atoms with Gasteiger partial charge in [0.2, 0.25) is 5.91 Å². The third-order valence-corrected chi connectivity index (χ3v) is 6.01. The number of nitrogens with one attached hydrogen (secondary N) is 1. The van der Waals surface area contributed by atoms with Gasteiger partial charge in [0.25, 0.3) is 0 Å². The third kappa shape index (κ3) is 11.6. The highest BCUT2D eigenvalue weighted by Gasteiger charge is 2.12. The molecular formula is C29H45N3O2. The number of unbranched alkanes of at least 4 members (excludes halogenated alkanes) is 11. The fraction of sp³-hybridized carbons (Fsp3) is 0.586. The van der Waals surface area contributed by atoms with Gasteiger partial charge in [-0.2, -0.15) is 0 Å². The number of rotatable bonds is 18. The first-order valence-corrected chi connectivity index (χ1v) is 13.3. The summed E-state index contributed by atoms with van der Waals surface area (Å²) in [6, 6.07) is 9.53. The van der Waals surface area contributed by atoms with Crippen molar-refractivity contribution in [2.24, 2.45) is 5.73 Å². The minimum atomic E-state index is -0.188. The maximum atomic E-state index is 12.4. The summed E-state index contributed by atoms with van der Waals surface area (Å²) >= 11 is 0. The Morgan fingerprint density at radius 1 is 0.971 bits per heavy atom. The predicted octanol–water partition coefficient (Wildman–Crippen LogP) is 7.50. The van der Waals surface area contributed by atoms with Crippen LogP contribution in [0.5, 0.6) is 5.75 Å². The van der Waals surface area contributed by atoms with Gasteiger partial charge in [-0.3, -0.25) is 9.78 Å². The molecule has 0 aliphatic carbocycles. The van der Waals surface area contributed by atoms with Crippen LogP contribution in [-0.4, -0.2) is 23.5 Å². The summed E-state index contributed by atoms with van der Waals surface area (Å²) in [5.41, 5.74) is 8.39. The number of aromatic nitrogens is 1. The number of hydrogen-bond acceptors (Lipinski definition) is 4. The summed E-state index contributed by atoms with van der Waals surface area (Å²) in [4.78, 5) is 16.6. The molecule has 1 aromatic heterocycles. The van der Waals surface area contributed by atoms with Gasteiger partial charge in [-0.15, -0.1) is 0 Å². The number of amides is 1. The molecule has 0 saturated heterocycles. The molecule has 1 heterocycles. The van der Waals surface area contributed by atoms with Crippen LogP contribution < -0.4 is 15.8 Å². The number of benzene rings is 1. The highest BCUT2D eigenvalue weighted by molar-refractivity contribution is 5.96. The van der Waals surface area contributed by atoms with E-state index in [0.29, 0.717) is 6.61 Å². The van der Waals surface area contributed by atoms with Crippen LogP contribution in [0.15, 0.2) is 42.7 Å². The molecule has 3 N–H and O–H groups in total. The van der Waals surface area contributed by atoms with E-state index in [2.05, 4.69) is 17.2 Å². The molecule has 188 valence electrons. The smallest absolute Gasteiger partial charge is 0.225 e. The highest BCUT2D eigenvalue weighted by atomic mass is 16.5. The lowest BCUT2D eigenvalue weighted by atomic mass is 10.0. The molecule has 1 unspecified atom stereocenters. The number of nitrogens with zero attached hydrogens (tertiary/aromatic N) is 1. The number of hydrogen-bond donors (Lipinski definition) is 2. The molecule has 1 amide bonds. The summed E-state index contributed by atoms with van der Waals surface area (Å²) in [7, 11) is 0. The summed E-state index contributed by atoms with van der Waals surface area (Å²) < 4.78 is 6.00. The van der Waals surface area contributed by atoms with Gasteiger partial charge >= 0.3 is 0 Å². The quantitative estimate of drug-likeness (QED) is 0.222. The Bertz CT molecular complexity index is 808. The number of anilines is 1. The average molecular weight is 468 g/mol. The Balaban J connectivity index is 1.73. The van der Waals surface area contributed by atoms with Gasteiger partial charge in [-0.05, 0) is 31.5 Å². The van der Waals surface area contributed by atoms with Gasteiger partial charge in [-0.1, -0.05) is 83.6 Å². The van der Waals surface area contributed by atoms with Crippen molar-refractivity contribution in [2.75, 3.05) is 11.9 Å². The minimum absolute atomic E-state index is 0.0988. The van der Waals surface area contributed by atoms with Gasteiger partial charge in [0.15, 0.2) is 0 Å². The van der Waals surface area contributed by atoms with Crippen molar-refractivity contribution >= 4 is 11.6 Å². The molecule has 0 aliphatic heterocycles. The van der Waals surface area contributed by atoms with Crippen LogP contribution in [0.4, 0.5) is 5.69 Å². The van der Waals surface area contributed by atoms with Crippen molar-refractivity contribution in [3.63, 3.8) is 0 Å². The molecule has 5 nitrogen and oxygen atoms in total. The zero-order chi connectivity index (χ0) is 24.4. The Kier molecular flexibility index (Phi) is 14.0. The van der Waals surface area contributed by atoms with Crippen molar-refractivity contribution in [2.45, 2.75) is 103 Å². The topological polar surface area (TPSA) is 77.2 Å². The molecule has 0 aliphatic rings. The number of pyridine rings is 1. The predicted molar refractivity (Wildman–Crippen MR) is 143 cm³/mol. The first kappa shape index (κ1) is 27.8. The van der Waals surface area contributed by atoms with Gasteiger partial charge < -0.3 is 15.8 Å². The largest absolute Gasteiger partial charge is 0.494 e. The maximum Gasteiger partial charge on any atom is 0.225 e. The summed E-state index contributed by atoms with van der Waals surface area (Å²) in [5.74, 6) is 0.671. The number of ether oxygens (including phenoxy) is 1. The van der Waals surface area contributed by atoms with Gasteiger partial charge in [0.1, 0.15) is 5.75 Å². The maximum absolute atomic E-state index is 12.4. The monoisotopic (exact) mass is 467 g/mol. The van der Waals surface area contributed by atoms with E-state index in [1.54, 1.807) is 12.4 Å². The SMILES string of the molecule is CCCCCCCCCCCCCCOc1ccc(-c2cccnc2)c(NC(=O)CC(C)N)c1. The third-order valence-electron chi connectivity index (χ3n) is 6.01. The van der Waals surface area contributed by atoms with Gasteiger partial charge in [0, 0.05) is 42.0 Å². The standard InChI is InChI=1S/C29H45N3O2/c1-3-4-5-6-7-8-9-10-11-12-13-14-20-34-26-17-18-27(25-16-15-19-31-23-25)28(22-26)32-29(33)21-24(2)30/h15-19,22-24H,3-14,20-21,30H2,1-2H3,(H,32,33). The molecule has 1 atom stereocenters. The zero-order valence-electron chi connectivity index (χ0n) is 21.4. The first-order valence-electron chi connectivity index (χ1n) is 13.3. The van der Waals surface area contributed by atoms with Crippen LogP contribution in [-0.2, 0) is 4.79 Å². The molecule has 0 fully saturated rings. The molecule has 1 aromatic carbocycles. The lowest BCUT2D eigenvalue weighted by molar-refractivity contribution is -0.116. The highest BCUT2D eigenvalue weighted by Crippen LogP contribution is 2.31. The van der Waals surface area contributed by atoms with Crippen LogP contribution in [0.1, 0.15) is 97.3 Å². The second kappa shape index (κ2) is 17.1. The minimum Gasteiger partial charge on any atom is -0.494 e. The van der Waals surface area contributed by atoms with E-state index in [1.165, 1.54) is 70.6 Å². The van der Waals surface area contributed by atoms with E-state index in [4.69, 9.17) is 10.5 Å². The van der Waals surface area contributed by atoms with Gasteiger partial charge in [0.05, 0.1) is 12.3 Å². The normalized spacial score (nSPS) is 11.9. The van der Waals surface area contributed by atoms with Crippen molar-refractivity contribution in [3.8, 4) is 16.9 Å². The Labute approximate surface area is 206 Å². The van der Waals surface area contributed by atoms with E-state index in [0.717, 1.165) is 29.0 Å². The number of nitrogens with two attached hydrogens (primary N) is 1. The number of carbonyl (C=O) groups excluding carboxylic acids is 1. The molecule has 0 radical (unpaired) electrons. The van der Waals surface area contributed by atoms with Crippen molar-refractivity contribution < 1.29 is 9.53 Å². The molecule has 5 heteroatoms. The second-order valence-corrected chi connectivity index (χ2v) is 9.42. The summed E-state index contributed by atoms with van der Waals surface area (Å²) in [6.07, 6.45) is 19.7. The molecule has 34 heavy (non-hydrogen) atoms. The molecule has 0 bridgehead atoms. The zero-order valence-corrected chi connectivity index (χ0v) is 21.4. The Morgan fingerprint density at radius 2 is 1.62 bits per heavy atom. The van der Waals surface area contributed by atoms with Crippen LogP contribution in [0.2, 0.25) is 0 Å². The van der Waals surface area contributed by atoms with Crippen LogP contribution in [0.3, 0.4) is 0 Å². The average Bonchev–Trinajstić information content (AvgIpc) is 2.82. The number of carbonyl (C=O) groups is 1. The first-order chi connectivity index (χ1) is 16.6. The second-order valence-electron chi connectivity index (χ2n) is 9.42. The van der Waals surface area contributed by atoms with E-state index in [1.807, 2.05) is 37.3 Å². The van der Waals surface area contributed by atoms with Crippen LogP contribution >= 0.6 is 0 Å². The van der Waals surface area contributed by atoms with Gasteiger partial charge in [-0.25, -0.2) is 0 Å². The fourth-order valence-electron chi connectivity index (χ4n) is 4.12. The van der Waals surface area contributed by atoms with E-state index in [-0.39, 0.29) is 18.4 Å². The van der Waals surface area contributed by atoms with E-state index < -0.39 is 0 Å². The van der Waals surface area contributed by atoms with Crippen LogP contribution in [0.25, 0.3) is 11.1 Å². The van der Waals surface area contributed by atoms with Crippen LogP contribution in [0, 0.1) is 0 Å². The Hall–Kier alpha value is -2.40.